The molecule has 19 heavy (non-hydrogen) atoms. The van der Waals surface area contributed by atoms with E-state index in [4.69, 9.17) is 22.1 Å². The maximum atomic E-state index is 12.1. The Morgan fingerprint density at radius 2 is 2.05 bits per heavy atom. The van der Waals surface area contributed by atoms with Gasteiger partial charge in [0.05, 0.1) is 16.3 Å². The quantitative estimate of drug-likeness (QED) is 0.661. The largest absolute Gasteiger partial charge is 0.459 e. The summed E-state index contributed by atoms with van der Waals surface area (Å²) in [6.45, 7) is 4.45. The van der Waals surface area contributed by atoms with Crippen LogP contribution in [-0.2, 0) is 4.74 Å². The predicted molar refractivity (Wildman–Crippen MR) is 77.2 cm³/mol. The fraction of sp³-hybridized carbons (Fsp3) is 0.533. The number of benzene rings is 1. The monoisotopic (exact) mass is 281 g/mol. The van der Waals surface area contributed by atoms with E-state index in [-0.39, 0.29) is 12.1 Å². The van der Waals surface area contributed by atoms with Crippen LogP contribution >= 0.6 is 11.6 Å². The molecule has 0 saturated heterocycles. The zero-order valence-electron chi connectivity index (χ0n) is 11.4. The number of carbonyl (C=O) groups excluding carboxylic acids is 1. The summed E-state index contributed by atoms with van der Waals surface area (Å²) in [6.07, 6.45) is 2.95. The number of carbonyl (C=O) groups is 1. The van der Waals surface area contributed by atoms with Gasteiger partial charge in [0.25, 0.3) is 0 Å². The number of esters is 1. The molecule has 0 bridgehead atoms. The number of ether oxygens (including phenoxy) is 1. The van der Waals surface area contributed by atoms with E-state index in [9.17, 15) is 4.79 Å². The van der Waals surface area contributed by atoms with Crippen molar-refractivity contribution in [3.05, 3.63) is 28.8 Å². The van der Waals surface area contributed by atoms with E-state index in [2.05, 4.69) is 13.8 Å². The van der Waals surface area contributed by atoms with Crippen molar-refractivity contribution in [2.75, 3.05) is 5.73 Å². The number of rotatable bonds is 2. The molecule has 3 nitrogen and oxygen atoms in total. The highest BCUT2D eigenvalue weighted by molar-refractivity contribution is 6.33. The molecule has 0 aliphatic heterocycles. The number of anilines is 1. The molecule has 1 fully saturated rings. The lowest BCUT2D eigenvalue weighted by molar-refractivity contribution is 0.00890. The third-order valence-corrected chi connectivity index (χ3v) is 4.43. The Kier molecular flexibility index (Phi) is 4.35. The van der Waals surface area contributed by atoms with Crippen LogP contribution in [0.1, 0.15) is 43.5 Å². The first kappa shape index (κ1) is 14.2. The number of hydrogen-bond donors (Lipinski definition) is 1. The zero-order chi connectivity index (χ0) is 14.0. The van der Waals surface area contributed by atoms with Gasteiger partial charge in [-0.1, -0.05) is 31.5 Å². The van der Waals surface area contributed by atoms with E-state index in [1.165, 1.54) is 0 Å². The van der Waals surface area contributed by atoms with Crippen molar-refractivity contribution >= 4 is 23.3 Å². The number of nitrogen functional groups attached to an aromatic ring is 1. The smallest absolute Gasteiger partial charge is 0.340 e. The molecular weight excluding hydrogens is 262 g/mol. The van der Waals surface area contributed by atoms with Crippen LogP contribution in [0.4, 0.5) is 5.69 Å². The van der Waals surface area contributed by atoms with Gasteiger partial charge in [-0.2, -0.15) is 0 Å². The van der Waals surface area contributed by atoms with Crippen molar-refractivity contribution in [1.29, 1.82) is 0 Å². The SMILES string of the molecule is CC1CCC(OC(=O)c2cccc(Cl)c2N)CC1C. The Morgan fingerprint density at radius 3 is 2.74 bits per heavy atom. The summed E-state index contributed by atoms with van der Waals surface area (Å²) < 4.78 is 5.55. The highest BCUT2D eigenvalue weighted by Gasteiger charge is 2.27. The molecule has 104 valence electrons. The zero-order valence-corrected chi connectivity index (χ0v) is 12.1. The third-order valence-electron chi connectivity index (χ3n) is 4.10. The van der Waals surface area contributed by atoms with Crippen molar-refractivity contribution in [3.63, 3.8) is 0 Å². The van der Waals surface area contributed by atoms with Crippen molar-refractivity contribution in [1.82, 2.24) is 0 Å². The molecule has 2 N–H and O–H groups in total. The molecule has 0 amide bonds. The standard InChI is InChI=1S/C15H20ClNO2/c1-9-6-7-11(8-10(9)2)19-15(18)12-4-3-5-13(16)14(12)17/h3-5,9-11H,6-8,17H2,1-2H3. The minimum Gasteiger partial charge on any atom is -0.459 e. The van der Waals surface area contributed by atoms with E-state index < -0.39 is 0 Å². The summed E-state index contributed by atoms with van der Waals surface area (Å²) in [5.41, 5.74) is 6.46. The first-order valence-corrected chi connectivity index (χ1v) is 7.11. The number of nitrogens with two attached hydrogens (primary N) is 1. The first-order valence-electron chi connectivity index (χ1n) is 6.74. The predicted octanol–water partition coefficient (Wildman–Crippen LogP) is 3.90. The molecule has 1 aliphatic carbocycles. The summed E-state index contributed by atoms with van der Waals surface area (Å²) >= 11 is 5.91. The van der Waals surface area contributed by atoms with Gasteiger partial charge in [-0.3, -0.25) is 0 Å². The first-order chi connectivity index (χ1) is 8.99. The molecule has 1 aliphatic rings. The summed E-state index contributed by atoms with van der Waals surface area (Å²) in [5, 5.41) is 0.389. The summed E-state index contributed by atoms with van der Waals surface area (Å²) in [5.74, 6) is 0.918. The highest BCUT2D eigenvalue weighted by atomic mass is 35.5. The lowest BCUT2D eigenvalue weighted by Crippen LogP contribution is -2.29. The van der Waals surface area contributed by atoms with Crippen LogP contribution in [-0.4, -0.2) is 12.1 Å². The Labute approximate surface area is 119 Å². The molecule has 0 heterocycles. The van der Waals surface area contributed by atoms with Gasteiger partial charge in [0.1, 0.15) is 6.10 Å². The van der Waals surface area contributed by atoms with E-state index >= 15 is 0 Å². The van der Waals surface area contributed by atoms with Crippen molar-refractivity contribution < 1.29 is 9.53 Å². The van der Waals surface area contributed by atoms with Crippen molar-refractivity contribution in [2.45, 2.75) is 39.2 Å². The maximum absolute atomic E-state index is 12.1. The number of hydrogen-bond acceptors (Lipinski definition) is 3. The number of halogens is 1. The topological polar surface area (TPSA) is 52.3 Å². The molecule has 1 aromatic carbocycles. The Hall–Kier alpha value is -1.22. The van der Waals surface area contributed by atoms with Gasteiger partial charge < -0.3 is 10.5 Å². The van der Waals surface area contributed by atoms with Gasteiger partial charge in [0.2, 0.25) is 0 Å². The highest BCUT2D eigenvalue weighted by Crippen LogP contribution is 2.32. The molecule has 1 saturated carbocycles. The van der Waals surface area contributed by atoms with E-state index in [1.54, 1.807) is 18.2 Å². The molecule has 3 atom stereocenters. The molecule has 0 spiro atoms. The Morgan fingerprint density at radius 1 is 1.32 bits per heavy atom. The second kappa shape index (κ2) is 5.83. The van der Waals surface area contributed by atoms with Crippen LogP contribution < -0.4 is 5.73 Å². The lowest BCUT2D eigenvalue weighted by Gasteiger charge is -2.31. The Balaban J connectivity index is 2.03. The normalized spacial score (nSPS) is 27.0. The van der Waals surface area contributed by atoms with Crippen LogP contribution in [0, 0.1) is 11.8 Å². The van der Waals surface area contributed by atoms with E-state index in [0.717, 1.165) is 19.3 Å². The molecule has 3 unspecified atom stereocenters. The average Bonchev–Trinajstić information content (AvgIpc) is 2.37. The fourth-order valence-corrected chi connectivity index (χ4v) is 2.71. The second-order valence-corrected chi connectivity index (χ2v) is 5.90. The van der Waals surface area contributed by atoms with Gasteiger partial charge >= 0.3 is 5.97 Å². The van der Waals surface area contributed by atoms with Crippen molar-refractivity contribution in [3.8, 4) is 0 Å². The van der Waals surface area contributed by atoms with Crippen LogP contribution in [0.2, 0.25) is 5.02 Å². The molecule has 0 aromatic heterocycles. The molecule has 4 heteroatoms. The lowest BCUT2D eigenvalue weighted by atomic mass is 9.80. The Bertz CT molecular complexity index is 475. The summed E-state index contributed by atoms with van der Waals surface area (Å²) in [7, 11) is 0. The summed E-state index contributed by atoms with van der Waals surface area (Å²) in [6, 6.07) is 5.03. The average molecular weight is 282 g/mol. The minimum atomic E-state index is -0.369. The summed E-state index contributed by atoms with van der Waals surface area (Å²) in [4.78, 5) is 12.1. The van der Waals surface area contributed by atoms with Gasteiger partial charge in [0.15, 0.2) is 0 Å². The van der Waals surface area contributed by atoms with Gasteiger partial charge in [-0.25, -0.2) is 4.79 Å². The molecule has 1 aromatic rings. The van der Waals surface area contributed by atoms with Gasteiger partial charge in [0, 0.05) is 0 Å². The number of para-hydroxylation sites is 1. The van der Waals surface area contributed by atoms with Gasteiger partial charge in [-0.05, 0) is 43.2 Å². The molecular formula is C15H20ClNO2. The van der Waals surface area contributed by atoms with Crippen LogP contribution in [0.15, 0.2) is 18.2 Å². The van der Waals surface area contributed by atoms with Crippen LogP contribution in [0.3, 0.4) is 0 Å². The second-order valence-electron chi connectivity index (χ2n) is 5.50. The minimum absolute atomic E-state index is 0.00270. The maximum Gasteiger partial charge on any atom is 0.340 e. The van der Waals surface area contributed by atoms with Crippen molar-refractivity contribution in [2.24, 2.45) is 11.8 Å². The van der Waals surface area contributed by atoms with Crippen LogP contribution in [0.5, 0.6) is 0 Å². The molecule has 0 radical (unpaired) electrons. The van der Waals surface area contributed by atoms with E-state index in [1.807, 2.05) is 0 Å². The third kappa shape index (κ3) is 3.21. The fourth-order valence-electron chi connectivity index (χ4n) is 2.54. The van der Waals surface area contributed by atoms with Gasteiger partial charge in [-0.15, -0.1) is 0 Å². The molecule has 2 rings (SSSR count). The van der Waals surface area contributed by atoms with E-state index in [0.29, 0.717) is 28.1 Å². The van der Waals surface area contributed by atoms with Crippen LogP contribution in [0.25, 0.3) is 0 Å².